The van der Waals surface area contributed by atoms with E-state index in [0.29, 0.717) is 5.02 Å². The van der Waals surface area contributed by atoms with E-state index in [1.54, 1.807) is 0 Å². The average molecular weight is 309 g/mol. The first-order chi connectivity index (χ1) is 8.25. The van der Waals surface area contributed by atoms with Gasteiger partial charge in [-0.1, -0.05) is 0 Å². The van der Waals surface area contributed by atoms with E-state index in [-0.39, 0.29) is 20.3 Å². The van der Waals surface area contributed by atoms with E-state index in [1.807, 2.05) is 52.1 Å². The molecule has 0 aliphatic heterocycles. The predicted molar refractivity (Wildman–Crippen MR) is 71.5 cm³/mol. The molecule has 2 aromatic carbocycles. The van der Waals surface area contributed by atoms with Crippen LogP contribution in [0.5, 0.6) is 0 Å². The Kier molecular flexibility index (Phi) is 2.67. The van der Waals surface area contributed by atoms with Crippen molar-refractivity contribution in [1.82, 2.24) is 3.56 Å². The zero-order valence-electron chi connectivity index (χ0n) is 8.76. The van der Waals surface area contributed by atoms with Crippen molar-refractivity contribution in [2.45, 2.75) is 0 Å². The number of nitrogens with zero attached hydrogens (tertiary/aromatic N) is 1. The number of benzene rings is 2. The van der Waals surface area contributed by atoms with Gasteiger partial charge in [0.25, 0.3) is 0 Å². The van der Waals surface area contributed by atoms with Gasteiger partial charge in [0.1, 0.15) is 0 Å². The molecule has 84 valence electrons. The van der Waals surface area contributed by atoms with E-state index in [9.17, 15) is 4.79 Å². The van der Waals surface area contributed by atoms with Crippen LogP contribution < -0.4 is 5.56 Å². The molecule has 0 saturated carbocycles. The van der Waals surface area contributed by atoms with Crippen LogP contribution >= 0.6 is 11.6 Å². The Morgan fingerprint density at radius 1 is 1.06 bits per heavy atom. The van der Waals surface area contributed by atoms with E-state index in [0.717, 1.165) is 15.3 Å². The summed E-state index contributed by atoms with van der Waals surface area (Å²) in [7, 11) is 0. The summed E-state index contributed by atoms with van der Waals surface area (Å²) in [5.74, 6) is 0. The minimum absolute atomic E-state index is 0.0123. The number of hydrogen-bond donors (Lipinski definition) is 0. The average Bonchev–Trinajstić information content (AvgIpc) is 2.68. The van der Waals surface area contributed by atoms with Crippen LogP contribution in [0.1, 0.15) is 0 Å². The zero-order valence-corrected chi connectivity index (χ0v) is 11.2. The summed E-state index contributed by atoms with van der Waals surface area (Å²) < 4.78 is 2.94. The van der Waals surface area contributed by atoms with Crippen LogP contribution in [-0.2, 0) is 0 Å². The van der Waals surface area contributed by atoms with Gasteiger partial charge < -0.3 is 0 Å². The summed E-state index contributed by atoms with van der Waals surface area (Å²) in [6.45, 7) is 0. The first-order valence-electron chi connectivity index (χ1n) is 5.13. The van der Waals surface area contributed by atoms with E-state index in [2.05, 4.69) is 0 Å². The van der Waals surface area contributed by atoms with Crippen LogP contribution in [0, 0.1) is 0 Å². The molecule has 0 radical (unpaired) electrons. The van der Waals surface area contributed by atoms with Crippen molar-refractivity contribution in [1.29, 1.82) is 0 Å². The molecule has 2 nitrogen and oxygen atoms in total. The van der Waals surface area contributed by atoms with Crippen LogP contribution in [0.15, 0.2) is 53.3 Å². The second-order valence-electron chi connectivity index (χ2n) is 3.67. The zero-order chi connectivity index (χ0) is 11.8. The second kappa shape index (κ2) is 4.19. The molecule has 0 aliphatic carbocycles. The Balaban J connectivity index is 2.31. The summed E-state index contributed by atoms with van der Waals surface area (Å²) in [5.41, 5.74) is 0.946. The van der Waals surface area contributed by atoms with Gasteiger partial charge in [0, 0.05) is 0 Å². The maximum atomic E-state index is 12.2. The monoisotopic (exact) mass is 309 g/mol. The van der Waals surface area contributed by atoms with E-state index < -0.39 is 0 Å². The molecule has 3 aromatic rings. The molecule has 0 unspecified atom stereocenters. The molecular formula is C13H8ClNOSe. The van der Waals surface area contributed by atoms with Gasteiger partial charge in [-0.3, -0.25) is 0 Å². The molecule has 1 heterocycles. The third kappa shape index (κ3) is 1.87. The molecular weight excluding hydrogens is 301 g/mol. The van der Waals surface area contributed by atoms with Gasteiger partial charge in [0.2, 0.25) is 0 Å². The maximum absolute atomic E-state index is 12.2. The Bertz CT molecular complexity index is 744. The van der Waals surface area contributed by atoms with Crippen molar-refractivity contribution >= 4 is 36.0 Å². The van der Waals surface area contributed by atoms with Crippen LogP contribution in [-0.4, -0.2) is 18.3 Å². The first kappa shape index (κ1) is 10.8. The summed E-state index contributed by atoms with van der Waals surface area (Å²) in [6.07, 6.45) is 0. The van der Waals surface area contributed by atoms with Gasteiger partial charge in [-0.25, -0.2) is 0 Å². The molecule has 0 N–H and O–H groups in total. The van der Waals surface area contributed by atoms with Gasteiger partial charge in [0.05, 0.1) is 0 Å². The standard InChI is InChI=1S/C13H8ClNOSe/c14-9-4-3-5-10(8-9)15-13(16)11-6-1-2-7-12(11)17-15/h1-8H. The van der Waals surface area contributed by atoms with Gasteiger partial charge in [-0.15, -0.1) is 0 Å². The topological polar surface area (TPSA) is 22.0 Å². The van der Waals surface area contributed by atoms with Crippen LogP contribution in [0.4, 0.5) is 0 Å². The number of aromatic nitrogens is 1. The summed E-state index contributed by atoms with van der Waals surface area (Å²) in [4.78, 5) is 12.2. The number of rotatable bonds is 1. The molecule has 0 saturated heterocycles. The van der Waals surface area contributed by atoms with Crippen molar-refractivity contribution in [3.8, 4) is 5.69 Å². The van der Waals surface area contributed by atoms with Crippen LogP contribution in [0.3, 0.4) is 0 Å². The van der Waals surface area contributed by atoms with Crippen molar-refractivity contribution in [2.75, 3.05) is 0 Å². The fraction of sp³-hybridized carbons (Fsp3) is 0. The van der Waals surface area contributed by atoms with Gasteiger partial charge in [-0.05, 0) is 0 Å². The second-order valence-corrected chi connectivity index (χ2v) is 6.18. The number of fused-ring (bicyclic) bond motifs is 1. The molecule has 0 atom stereocenters. The quantitative estimate of drug-likeness (QED) is 0.634. The fourth-order valence-corrected chi connectivity index (χ4v) is 4.01. The first-order valence-corrected chi connectivity index (χ1v) is 7.13. The molecule has 0 aliphatic rings. The summed E-state index contributed by atoms with van der Waals surface area (Å²) in [5, 5.41) is 1.47. The Hall–Kier alpha value is -1.28. The minimum atomic E-state index is 0.0123. The molecule has 0 bridgehead atoms. The van der Waals surface area contributed by atoms with Crippen molar-refractivity contribution in [3.63, 3.8) is 0 Å². The Labute approximate surface area is 109 Å². The van der Waals surface area contributed by atoms with Crippen LogP contribution in [0.2, 0.25) is 5.02 Å². The van der Waals surface area contributed by atoms with Crippen LogP contribution in [0.25, 0.3) is 15.3 Å². The SMILES string of the molecule is O=c1c2ccccc2[se]n1-c1cccc(Cl)c1. The number of hydrogen-bond acceptors (Lipinski definition) is 1. The summed E-state index contributed by atoms with van der Waals surface area (Å²) in [6, 6.07) is 15.2. The summed E-state index contributed by atoms with van der Waals surface area (Å²) >= 11 is 5.96. The van der Waals surface area contributed by atoms with E-state index in [4.69, 9.17) is 11.6 Å². The third-order valence-corrected chi connectivity index (χ3v) is 5.10. The molecule has 0 fully saturated rings. The van der Waals surface area contributed by atoms with Gasteiger partial charge in [0.15, 0.2) is 0 Å². The van der Waals surface area contributed by atoms with Gasteiger partial charge >= 0.3 is 109 Å². The molecule has 17 heavy (non-hydrogen) atoms. The van der Waals surface area contributed by atoms with Crippen molar-refractivity contribution in [2.24, 2.45) is 0 Å². The fourth-order valence-electron chi connectivity index (χ4n) is 1.74. The Morgan fingerprint density at radius 3 is 2.65 bits per heavy atom. The van der Waals surface area contributed by atoms with E-state index in [1.165, 1.54) is 0 Å². The predicted octanol–water partition coefficient (Wildman–Crippen LogP) is 2.70. The molecule has 0 amide bonds. The van der Waals surface area contributed by atoms with E-state index >= 15 is 0 Å². The molecule has 3 rings (SSSR count). The third-order valence-electron chi connectivity index (χ3n) is 2.53. The molecule has 4 heteroatoms. The number of halogens is 1. The molecule has 1 aromatic heterocycles. The van der Waals surface area contributed by atoms with Crippen molar-refractivity contribution in [3.05, 3.63) is 63.9 Å². The van der Waals surface area contributed by atoms with Gasteiger partial charge in [-0.2, -0.15) is 0 Å². The molecule has 0 spiro atoms. The Morgan fingerprint density at radius 2 is 1.88 bits per heavy atom. The van der Waals surface area contributed by atoms with Crippen molar-refractivity contribution < 1.29 is 0 Å². The normalized spacial score (nSPS) is 10.9.